The minimum atomic E-state index is -1.60. The van der Waals surface area contributed by atoms with E-state index in [4.69, 9.17) is 19.7 Å². The molecule has 4 nitrogen and oxygen atoms in total. The standard InChI is InChI=1S/2C9H11O2.Hg/c2*10-7-4-8-11-9-5-2-1-3-6-9;/h2*1-3,5,10H,4,7-8H2;. The summed E-state index contributed by atoms with van der Waals surface area (Å²) in [5, 5.41) is 17.8. The van der Waals surface area contributed by atoms with Crippen molar-refractivity contribution >= 4 is 6.14 Å². The van der Waals surface area contributed by atoms with E-state index >= 15 is 0 Å². The molecule has 0 aromatic heterocycles. The van der Waals surface area contributed by atoms with Gasteiger partial charge >= 0.3 is 150 Å². The number of hydrogen-bond donors (Lipinski definition) is 2. The van der Waals surface area contributed by atoms with Crippen LogP contribution in [0.3, 0.4) is 0 Å². The number of aliphatic hydroxyl groups is 2. The average molecular weight is 503 g/mol. The summed E-state index contributed by atoms with van der Waals surface area (Å²) in [7, 11) is 0. The molecule has 0 spiro atoms. The molecule has 2 aromatic carbocycles. The molecule has 0 fully saturated rings. The number of aliphatic hydroxyl groups excluding tert-OH is 2. The molecule has 2 rings (SSSR count). The van der Waals surface area contributed by atoms with Gasteiger partial charge in [0, 0.05) is 0 Å². The van der Waals surface area contributed by atoms with Crippen LogP contribution in [0.2, 0.25) is 0 Å². The Bertz CT molecular complexity index is 537. The molecule has 0 unspecified atom stereocenters. The summed E-state index contributed by atoms with van der Waals surface area (Å²) < 4.78 is 14.2. The van der Waals surface area contributed by atoms with E-state index in [1.165, 1.54) is 6.14 Å². The number of hydrogen-bond acceptors (Lipinski definition) is 4. The van der Waals surface area contributed by atoms with Crippen LogP contribution in [-0.2, 0) is 24.6 Å². The van der Waals surface area contributed by atoms with Gasteiger partial charge in [-0.2, -0.15) is 0 Å². The first-order chi connectivity index (χ1) is 11.3. The zero-order valence-electron chi connectivity index (χ0n) is 13.3. The van der Waals surface area contributed by atoms with Crippen molar-refractivity contribution in [3.8, 4) is 11.5 Å². The molecule has 0 atom stereocenters. The predicted octanol–water partition coefficient (Wildman–Crippen LogP) is 1.24. The van der Waals surface area contributed by atoms with Crippen LogP contribution in [0.15, 0.2) is 48.5 Å². The van der Waals surface area contributed by atoms with Crippen LogP contribution in [0.5, 0.6) is 11.5 Å². The maximum absolute atomic E-state index is 8.89. The molecule has 0 aliphatic heterocycles. The third kappa shape index (κ3) is 6.13. The Balaban J connectivity index is 2.09. The Kier molecular flexibility index (Phi) is 8.43. The molecule has 23 heavy (non-hydrogen) atoms. The van der Waals surface area contributed by atoms with E-state index in [1.54, 1.807) is 0 Å². The summed E-state index contributed by atoms with van der Waals surface area (Å²) in [6, 6.07) is 16.3. The minimum absolute atomic E-state index is 0.147. The molecule has 0 aliphatic carbocycles. The van der Waals surface area contributed by atoms with E-state index in [0.29, 0.717) is 26.1 Å². The van der Waals surface area contributed by atoms with Crippen LogP contribution >= 0.6 is 0 Å². The van der Waals surface area contributed by atoms with Crippen molar-refractivity contribution in [2.24, 2.45) is 0 Å². The molecular weight excluding hydrogens is 481 g/mol. The number of ether oxygens (including phenoxy) is 2. The van der Waals surface area contributed by atoms with Crippen molar-refractivity contribution in [3.05, 3.63) is 48.5 Å². The number of para-hydroxylation sites is 2. The summed E-state index contributed by atoms with van der Waals surface area (Å²) in [4.78, 5) is 0. The van der Waals surface area contributed by atoms with Crippen LogP contribution in [-0.4, -0.2) is 36.6 Å². The fraction of sp³-hybridized carbons (Fsp3) is 0.333. The van der Waals surface area contributed by atoms with Gasteiger partial charge < -0.3 is 0 Å². The zero-order valence-corrected chi connectivity index (χ0v) is 18.8. The molecule has 120 valence electrons. The van der Waals surface area contributed by atoms with Crippen LogP contribution in [0.4, 0.5) is 0 Å². The van der Waals surface area contributed by atoms with E-state index in [1.807, 2.05) is 36.4 Å². The van der Waals surface area contributed by atoms with E-state index in [0.717, 1.165) is 11.5 Å². The van der Waals surface area contributed by atoms with Gasteiger partial charge in [-0.25, -0.2) is 0 Å². The van der Waals surface area contributed by atoms with Gasteiger partial charge in [0.2, 0.25) is 0 Å². The van der Waals surface area contributed by atoms with E-state index in [2.05, 4.69) is 12.1 Å². The van der Waals surface area contributed by atoms with Crippen LogP contribution in [0.25, 0.3) is 0 Å². The molecule has 5 heteroatoms. The first kappa shape index (κ1) is 18.2. The normalized spacial score (nSPS) is 10.2. The van der Waals surface area contributed by atoms with Crippen molar-refractivity contribution in [1.29, 1.82) is 0 Å². The second-order valence-electron chi connectivity index (χ2n) is 5.24. The van der Waals surface area contributed by atoms with Gasteiger partial charge in [0.1, 0.15) is 0 Å². The quantitative estimate of drug-likeness (QED) is 0.379. The average Bonchev–Trinajstić information content (AvgIpc) is 2.58. The van der Waals surface area contributed by atoms with Crippen molar-refractivity contribution < 1.29 is 44.3 Å². The molecule has 2 aromatic rings. The summed E-state index contributed by atoms with van der Waals surface area (Å²) in [5.41, 5.74) is 0. The molecule has 0 bridgehead atoms. The van der Waals surface area contributed by atoms with Crippen molar-refractivity contribution in [2.75, 3.05) is 26.4 Å². The Morgan fingerprint density at radius 3 is 1.57 bits per heavy atom. The molecule has 0 saturated heterocycles. The predicted molar refractivity (Wildman–Crippen MR) is 86.5 cm³/mol. The van der Waals surface area contributed by atoms with E-state index < -0.39 is 24.6 Å². The van der Waals surface area contributed by atoms with Gasteiger partial charge in [0.05, 0.1) is 0 Å². The van der Waals surface area contributed by atoms with Crippen LogP contribution in [0.1, 0.15) is 12.8 Å². The summed E-state index contributed by atoms with van der Waals surface area (Å²) >= 11 is -1.60. The number of rotatable bonds is 10. The Labute approximate surface area is 149 Å². The Hall–Kier alpha value is -1.10. The van der Waals surface area contributed by atoms with E-state index in [-0.39, 0.29) is 13.2 Å². The fourth-order valence-electron chi connectivity index (χ4n) is 2.28. The van der Waals surface area contributed by atoms with Crippen molar-refractivity contribution in [3.63, 3.8) is 0 Å². The topological polar surface area (TPSA) is 58.9 Å². The van der Waals surface area contributed by atoms with Gasteiger partial charge in [-0.05, 0) is 0 Å². The molecular formula is C18H22HgO4. The fourth-order valence-corrected chi connectivity index (χ4v) is 8.91. The first-order valence-electron chi connectivity index (χ1n) is 7.98. The second kappa shape index (κ2) is 10.6. The van der Waals surface area contributed by atoms with Gasteiger partial charge in [0.25, 0.3) is 0 Å². The summed E-state index contributed by atoms with van der Waals surface area (Å²) in [6.07, 6.45) is 1.29. The Morgan fingerprint density at radius 1 is 0.696 bits per heavy atom. The van der Waals surface area contributed by atoms with Crippen molar-refractivity contribution in [1.82, 2.24) is 0 Å². The monoisotopic (exact) mass is 504 g/mol. The van der Waals surface area contributed by atoms with Crippen LogP contribution in [0, 0.1) is 0 Å². The number of benzene rings is 2. The molecule has 0 amide bonds. The van der Waals surface area contributed by atoms with Gasteiger partial charge in [-0.3, -0.25) is 0 Å². The summed E-state index contributed by atoms with van der Waals surface area (Å²) in [6.45, 7) is 1.37. The third-order valence-electron chi connectivity index (χ3n) is 3.45. The van der Waals surface area contributed by atoms with Gasteiger partial charge in [-0.15, -0.1) is 0 Å². The molecule has 0 saturated carbocycles. The molecule has 2 N–H and O–H groups in total. The third-order valence-corrected chi connectivity index (χ3v) is 10.9. The molecule has 0 aliphatic rings. The Morgan fingerprint density at radius 2 is 1.13 bits per heavy atom. The van der Waals surface area contributed by atoms with Crippen molar-refractivity contribution in [2.45, 2.75) is 12.8 Å². The van der Waals surface area contributed by atoms with Gasteiger partial charge in [0.15, 0.2) is 0 Å². The first-order valence-corrected chi connectivity index (χ1v) is 13.5. The molecule has 0 heterocycles. The van der Waals surface area contributed by atoms with E-state index in [9.17, 15) is 0 Å². The molecule has 0 radical (unpaired) electrons. The maximum atomic E-state index is 8.89. The summed E-state index contributed by atoms with van der Waals surface area (Å²) in [5.74, 6) is 1.88. The zero-order chi connectivity index (χ0) is 16.3. The SMILES string of the molecule is OCCCOc1cccc[c]1[Hg][c]1ccccc1OCCCO. The van der Waals surface area contributed by atoms with Crippen LogP contribution < -0.4 is 15.6 Å². The second-order valence-corrected chi connectivity index (χ2v) is 12.5. The van der Waals surface area contributed by atoms with Gasteiger partial charge in [-0.1, -0.05) is 0 Å².